The van der Waals surface area contributed by atoms with Crippen LogP contribution in [-0.2, 0) is 6.42 Å². The number of nitrogens with one attached hydrogen (secondary N) is 1. The van der Waals surface area contributed by atoms with Gasteiger partial charge in [-0.3, -0.25) is 0 Å². The normalized spacial score (nSPS) is 15.5. The smallest absolute Gasteiger partial charge is 0.0459 e. The Morgan fingerprint density at radius 2 is 2.25 bits per heavy atom. The summed E-state index contributed by atoms with van der Waals surface area (Å²) in [4.78, 5) is 3.39. The van der Waals surface area contributed by atoms with Gasteiger partial charge in [-0.25, -0.2) is 0 Å². The Balaban J connectivity index is 2.10. The lowest BCUT2D eigenvalue weighted by Crippen LogP contribution is -1.86. The van der Waals surface area contributed by atoms with Crippen LogP contribution in [0.3, 0.4) is 0 Å². The second-order valence-electron chi connectivity index (χ2n) is 4.69. The first kappa shape index (κ1) is 9.71. The van der Waals surface area contributed by atoms with Gasteiger partial charge in [0, 0.05) is 17.1 Å². The number of aromatic nitrogens is 1. The summed E-state index contributed by atoms with van der Waals surface area (Å²) in [6, 6.07) is 6.65. The molecule has 16 heavy (non-hydrogen) atoms. The molecule has 1 saturated carbocycles. The van der Waals surface area contributed by atoms with Crippen molar-refractivity contribution < 1.29 is 0 Å². The van der Waals surface area contributed by atoms with E-state index in [1.807, 2.05) is 6.08 Å². The third-order valence-electron chi connectivity index (χ3n) is 3.45. The monoisotopic (exact) mass is 211 g/mol. The Bertz CT molecular complexity index is 517. The highest BCUT2D eigenvalue weighted by Gasteiger charge is 2.26. The van der Waals surface area contributed by atoms with Crippen LogP contribution in [0.4, 0.5) is 0 Å². The minimum Gasteiger partial charge on any atom is -0.361 e. The van der Waals surface area contributed by atoms with Crippen LogP contribution >= 0.6 is 0 Å². The van der Waals surface area contributed by atoms with Crippen molar-refractivity contribution in [2.75, 3.05) is 0 Å². The fourth-order valence-corrected chi connectivity index (χ4v) is 2.48. The highest BCUT2D eigenvalue weighted by atomic mass is 14.7. The number of fused-ring (bicyclic) bond motifs is 1. The molecule has 0 unspecified atom stereocenters. The van der Waals surface area contributed by atoms with E-state index in [4.69, 9.17) is 0 Å². The van der Waals surface area contributed by atoms with Crippen LogP contribution in [0, 0.1) is 0 Å². The summed E-state index contributed by atoms with van der Waals surface area (Å²) in [6.07, 6.45) is 9.06. The first-order valence-corrected chi connectivity index (χ1v) is 6.10. The van der Waals surface area contributed by atoms with Crippen molar-refractivity contribution in [1.29, 1.82) is 0 Å². The van der Waals surface area contributed by atoms with Gasteiger partial charge in [-0.2, -0.15) is 0 Å². The minimum absolute atomic E-state index is 0.821. The standard InChI is InChI=1S/C15H17N/c1-2-3-5-12-10-16-14-7-4-6-13(15(12)14)11-8-9-11/h2,4,6-7,10-11,16H,1,3,5,8-9H2. The molecule has 1 aliphatic rings. The highest BCUT2D eigenvalue weighted by molar-refractivity contribution is 5.87. The molecule has 3 rings (SSSR count). The summed E-state index contributed by atoms with van der Waals surface area (Å²) < 4.78 is 0. The average Bonchev–Trinajstić information content (AvgIpc) is 3.07. The minimum atomic E-state index is 0.821. The van der Waals surface area contributed by atoms with Gasteiger partial charge in [0.2, 0.25) is 0 Å². The lowest BCUT2D eigenvalue weighted by atomic mass is 10.0. The molecule has 1 N–H and O–H groups in total. The van der Waals surface area contributed by atoms with Gasteiger partial charge in [0.15, 0.2) is 0 Å². The van der Waals surface area contributed by atoms with Crippen LogP contribution in [-0.4, -0.2) is 4.98 Å². The number of hydrogen-bond acceptors (Lipinski definition) is 0. The molecule has 1 heteroatoms. The molecule has 0 bridgehead atoms. The van der Waals surface area contributed by atoms with E-state index in [1.165, 1.54) is 29.3 Å². The molecule has 0 saturated heterocycles. The maximum atomic E-state index is 3.80. The molecule has 1 fully saturated rings. The average molecular weight is 211 g/mol. The third-order valence-corrected chi connectivity index (χ3v) is 3.45. The van der Waals surface area contributed by atoms with Crippen LogP contribution in [0.5, 0.6) is 0 Å². The number of benzene rings is 1. The number of hydrogen-bond donors (Lipinski definition) is 1. The lowest BCUT2D eigenvalue weighted by molar-refractivity contribution is 1.01. The first-order chi connectivity index (χ1) is 7.90. The summed E-state index contributed by atoms with van der Waals surface area (Å²) in [6.45, 7) is 3.80. The van der Waals surface area contributed by atoms with Gasteiger partial charge in [-0.1, -0.05) is 18.2 Å². The molecule has 0 atom stereocenters. The summed E-state index contributed by atoms with van der Waals surface area (Å²) in [5, 5.41) is 1.48. The largest absolute Gasteiger partial charge is 0.361 e. The zero-order chi connectivity index (χ0) is 11.0. The van der Waals surface area contributed by atoms with Crippen LogP contribution in [0.25, 0.3) is 10.9 Å². The van der Waals surface area contributed by atoms with Gasteiger partial charge in [-0.15, -0.1) is 6.58 Å². The van der Waals surface area contributed by atoms with Crippen molar-refractivity contribution in [3.05, 3.63) is 48.2 Å². The van der Waals surface area contributed by atoms with Crippen LogP contribution in [0.15, 0.2) is 37.1 Å². The Kier molecular flexibility index (Phi) is 2.32. The van der Waals surface area contributed by atoms with Crippen LogP contribution in [0.2, 0.25) is 0 Å². The molecule has 0 radical (unpaired) electrons. The predicted molar refractivity (Wildman–Crippen MR) is 68.8 cm³/mol. The lowest BCUT2D eigenvalue weighted by Gasteiger charge is -2.03. The van der Waals surface area contributed by atoms with Gasteiger partial charge in [0.1, 0.15) is 0 Å². The maximum absolute atomic E-state index is 3.80. The van der Waals surface area contributed by atoms with E-state index in [-0.39, 0.29) is 0 Å². The number of aryl methyl sites for hydroxylation is 1. The van der Waals surface area contributed by atoms with E-state index in [9.17, 15) is 0 Å². The van der Waals surface area contributed by atoms with E-state index in [2.05, 4.69) is 36.0 Å². The quantitative estimate of drug-likeness (QED) is 0.731. The molecule has 1 aromatic carbocycles. The summed E-state index contributed by atoms with van der Waals surface area (Å²) in [5.41, 5.74) is 4.30. The van der Waals surface area contributed by atoms with Crippen molar-refractivity contribution in [1.82, 2.24) is 4.98 Å². The van der Waals surface area contributed by atoms with Gasteiger partial charge in [0.25, 0.3) is 0 Å². The summed E-state index contributed by atoms with van der Waals surface area (Å²) in [7, 11) is 0. The number of H-pyrrole nitrogens is 1. The zero-order valence-corrected chi connectivity index (χ0v) is 9.50. The number of aromatic amines is 1. The molecule has 1 heterocycles. The van der Waals surface area contributed by atoms with Gasteiger partial charge in [0.05, 0.1) is 0 Å². The van der Waals surface area contributed by atoms with E-state index in [0.717, 1.165) is 18.8 Å². The fraction of sp³-hybridized carbons (Fsp3) is 0.333. The van der Waals surface area contributed by atoms with Crippen molar-refractivity contribution >= 4 is 10.9 Å². The molecule has 0 aliphatic heterocycles. The molecule has 1 aliphatic carbocycles. The molecular weight excluding hydrogens is 194 g/mol. The van der Waals surface area contributed by atoms with Crippen LogP contribution < -0.4 is 0 Å². The second-order valence-corrected chi connectivity index (χ2v) is 4.69. The van der Waals surface area contributed by atoms with Crippen molar-refractivity contribution in [2.24, 2.45) is 0 Å². The van der Waals surface area contributed by atoms with Crippen molar-refractivity contribution in [2.45, 2.75) is 31.6 Å². The molecular formula is C15H17N. The number of allylic oxidation sites excluding steroid dienone is 1. The molecule has 0 amide bonds. The predicted octanol–water partition coefficient (Wildman–Crippen LogP) is 4.16. The maximum Gasteiger partial charge on any atom is 0.0459 e. The Hall–Kier alpha value is -1.50. The van der Waals surface area contributed by atoms with E-state index < -0.39 is 0 Å². The SMILES string of the molecule is C=CCCc1c[nH]c2cccc(C3CC3)c12. The Labute approximate surface area is 96.2 Å². The highest BCUT2D eigenvalue weighted by Crippen LogP contribution is 2.43. The summed E-state index contributed by atoms with van der Waals surface area (Å²) >= 11 is 0. The Morgan fingerprint density at radius 3 is 3.00 bits per heavy atom. The zero-order valence-electron chi connectivity index (χ0n) is 9.50. The topological polar surface area (TPSA) is 15.8 Å². The van der Waals surface area contributed by atoms with Gasteiger partial charge >= 0.3 is 0 Å². The molecule has 0 spiro atoms. The Morgan fingerprint density at radius 1 is 1.38 bits per heavy atom. The molecule has 1 nitrogen and oxygen atoms in total. The molecule has 82 valence electrons. The fourth-order valence-electron chi connectivity index (χ4n) is 2.48. The van der Waals surface area contributed by atoms with E-state index in [0.29, 0.717) is 0 Å². The second kappa shape index (κ2) is 3.82. The molecule has 1 aromatic heterocycles. The number of rotatable bonds is 4. The van der Waals surface area contributed by atoms with Crippen molar-refractivity contribution in [3.8, 4) is 0 Å². The summed E-state index contributed by atoms with van der Waals surface area (Å²) in [5.74, 6) is 0.821. The van der Waals surface area contributed by atoms with Gasteiger partial charge in [-0.05, 0) is 48.8 Å². The van der Waals surface area contributed by atoms with Crippen LogP contribution in [0.1, 0.15) is 36.3 Å². The molecule has 2 aromatic rings. The van der Waals surface area contributed by atoms with E-state index in [1.54, 1.807) is 5.56 Å². The third kappa shape index (κ3) is 1.57. The first-order valence-electron chi connectivity index (χ1n) is 6.10. The van der Waals surface area contributed by atoms with Gasteiger partial charge < -0.3 is 4.98 Å². The van der Waals surface area contributed by atoms with Crippen molar-refractivity contribution in [3.63, 3.8) is 0 Å². The van der Waals surface area contributed by atoms with E-state index >= 15 is 0 Å².